The molecule has 0 saturated heterocycles. The number of nitrogens with zero attached hydrogens (tertiary/aromatic N) is 4. The molecule has 4 aromatic rings. The topological polar surface area (TPSA) is 144 Å². The molecule has 0 radical (unpaired) electrons. The van der Waals surface area contributed by atoms with Gasteiger partial charge in [-0.05, 0) is 36.6 Å². The Morgan fingerprint density at radius 1 is 1.27 bits per heavy atom. The number of benzene rings is 1. The van der Waals surface area contributed by atoms with E-state index >= 15 is 0 Å². The molecule has 1 fully saturated rings. The van der Waals surface area contributed by atoms with Gasteiger partial charge < -0.3 is 20.5 Å². The Kier molecular flexibility index (Phi) is 4.24. The molecule has 0 unspecified atom stereocenters. The predicted octanol–water partition coefficient (Wildman–Crippen LogP) is 0.380. The Labute approximate surface area is 169 Å². The van der Waals surface area contributed by atoms with Gasteiger partial charge in [-0.3, -0.25) is 9.98 Å². The summed E-state index contributed by atoms with van der Waals surface area (Å²) in [6, 6.07) is 9.12. The lowest BCUT2D eigenvalue weighted by Gasteiger charge is -2.07. The molecule has 1 aromatic carbocycles. The highest BCUT2D eigenvalue weighted by molar-refractivity contribution is 5.58. The van der Waals surface area contributed by atoms with Gasteiger partial charge in [-0.15, -0.1) is 0 Å². The lowest BCUT2D eigenvalue weighted by molar-refractivity contribution is 0.454. The highest BCUT2D eigenvalue weighted by atomic mass is 16.3. The van der Waals surface area contributed by atoms with E-state index in [1.165, 1.54) is 0 Å². The van der Waals surface area contributed by atoms with E-state index in [0.29, 0.717) is 28.7 Å². The number of phenols is 1. The molecular weight excluding hydrogens is 386 g/mol. The van der Waals surface area contributed by atoms with Crippen molar-refractivity contribution in [2.75, 3.05) is 5.32 Å². The van der Waals surface area contributed by atoms with Crippen LogP contribution >= 0.6 is 0 Å². The molecule has 30 heavy (non-hydrogen) atoms. The molecule has 10 heteroatoms. The van der Waals surface area contributed by atoms with Crippen LogP contribution in [0.25, 0.3) is 11.7 Å². The molecular formula is C20H19N7O3. The van der Waals surface area contributed by atoms with E-state index in [2.05, 4.69) is 25.4 Å². The fraction of sp³-hybridized carbons (Fsp3) is 0.200. The third-order valence-corrected chi connectivity index (χ3v) is 4.76. The predicted molar refractivity (Wildman–Crippen MR) is 109 cm³/mol. The number of H-pyrrole nitrogens is 2. The van der Waals surface area contributed by atoms with Crippen LogP contribution in [-0.4, -0.2) is 40.8 Å². The van der Waals surface area contributed by atoms with Gasteiger partial charge in [0.25, 0.3) is 0 Å². The maximum Gasteiger partial charge on any atom is 0.326 e. The zero-order valence-electron chi connectivity index (χ0n) is 15.8. The van der Waals surface area contributed by atoms with Crippen molar-refractivity contribution in [2.24, 2.45) is 4.99 Å². The number of anilines is 1. The van der Waals surface area contributed by atoms with Crippen molar-refractivity contribution in [1.82, 2.24) is 24.6 Å². The number of hydrogen-bond donors (Lipinski definition) is 5. The summed E-state index contributed by atoms with van der Waals surface area (Å²) in [6.07, 6.45) is 5.31. The van der Waals surface area contributed by atoms with Gasteiger partial charge in [0.1, 0.15) is 17.3 Å². The second-order valence-corrected chi connectivity index (χ2v) is 7.20. The molecule has 3 aromatic heterocycles. The van der Waals surface area contributed by atoms with Gasteiger partial charge in [0.2, 0.25) is 5.88 Å². The van der Waals surface area contributed by atoms with E-state index in [-0.39, 0.29) is 23.4 Å². The smallest absolute Gasteiger partial charge is 0.326 e. The van der Waals surface area contributed by atoms with Gasteiger partial charge in [0, 0.05) is 17.8 Å². The zero-order chi connectivity index (χ0) is 20.7. The first kappa shape index (κ1) is 18.0. The lowest BCUT2D eigenvalue weighted by Crippen LogP contribution is -2.20. The van der Waals surface area contributed by atoms with Crippen molar-refractivity contribution in [3.63, 3.8) is 0 Å². The van der Waals surface area contributed by atoms with E-state index < -0.39 is 5.69 Å². The Morgan fingerprint density at radius 2 is 2.13 bits per heavy atom. The number of hydrogen-bond acceptors (Lipinski definition) is 7. The summed E-state index contributed by atoms with van der Waals surface area (Å²) in [5.41, 5.74) is 1.87. The normalized spacial score (nSPS) is 15.2. The minimum absolute atomic E-state index is 0.204. The molecule has 1 saturated carbocycles. The van der Waals surface area contributed by atoms with Crippen molar-refractivity contribution in [1.29, 1.82) is 0 Å². The first-order valence-corrected chi connectivity index (χ1v) is 9.52. The number of nitrogens with one attached hydrogen (secondary N) is 3. The van der Waals surface area contributed by atoms with Gasteiger partial charge in [-0.1, -0.05) is 12.1 Å². The largest absolute Gasteiger partial charge is 0.508 e. The number of aromatic nitrogens is 5. The van der Waals surface area contributed by atoms with Crippen LogP contribution < -0.4 is 21.7 Å². The molecule has 10 nitrogen and oxygen atoms in total. The number of aromatic amines is 2. The van der Waals surface area contributed by atoms with Crippen molar-refractivity contribution in [3.8, 4) is 11.6 Å². The molecule has 5 rings (SSSR count). The van der Waals surface area contributed by atoms with Crippen LogP contribution in [0.5, 0.6) is 11.6 Å². The van der Waals surface area contributed by atoms with Crippen LogP contribution in [0.1, 0.15) is 24.1 Å². The summed E-state index contributed by atoms with van der Waals surface area (Å²) in [4.78, 5) is 25.6. The number of fused-ring (bicyclic) bond motifs is 1. The van der Waals surface area contributed by atoms with E-state index in [1.54, 1.807) is 35.0 Å². The molecule has 5 N–H and O–H groups in total. The van der Waals surface area contributed by atoms with Gasteiger partial charge in [0.05, 0.1) is 12.2 Å². The molecule has 1 aliphatic rings. The fourth-order valence-corrected chi connectivity index (χ4v) is 3.15. The molecule has 0 amide bonds. The van der Waals surface area contributed by atoms with Gasteiger partial charge in [0.15, 0.2) is 11.1 Å². The first-order chi connectivity index (χ1) is 14.5. The second kappa shape index (κ2) is 7.07. The van der Waals surface area contributed by atoms with Crippen molar-refractivity contribution in [2.45, 2.75) is 25.4 Å². The van der Waals surface area contributed by atoms with E-state index in [9.17, 15) is 15.0 Å². The first-order valence-electron chi connectivity index (χ1n) is 9.52. The average Bonchev–Trinajstić information content (AvgIpc) is 3.35. The van der Waals surface area contributed by atoms with Crippen molar-refractivity contribution in [3.05, 3.63) is 69.0 Å². The Morgan fingerprint density at radius 3 is 2.87 bits per heavy atom. The van der Waals surface area contributed by atoms with Crippen LogP contribution in [0.3, 0.4) is 0 Å². The molecule has 152 valence electrons. The molecule has 0 atom stereocenters. The summed E-state index contributed by atoms with van der Waals surface area (Å²) in [7, 11) is 0. The van der Waals surface area contributed by atoms with Crippen LogP contribution in [0.15, 0.2) is 46.3 Å². The summed E-state index contributed by atoms with van der Waals surface area (Å²) < 4.78 is 1.64. The molecule has 0 bridgehead atoms. The molecule has 0 spiro atoms. The quantitative estimate of drug-likeness (QED) is 0.325. The summed E-state index contributed by atoms with van der Waals surface area (Å²) in [5, 5.41) is 27.8. The van der Waals surface area contributed by atoms with E-state index in [0.717, 1.165) is 18.4 Å². The summed E-state index contributed by atoms with van der Waals surface area (Å²) in [6.45, 7) is 0.472. The summed E-state index contributed by atoms with van der Waals surface area (Å²) >= 11 is 0. The van der Waals surface area contributed by atoms with Crippen LogP contribution in [-0.2, 0) is 6.54 Å². The Balaban J connectivity index is 1.59. The third-order valence-electron chi connectivity index (χ3n) is 4.76. The number of aromatic hydroxyl groups is 2. The number of rotatable bonds is 5. The highest BCUT2D eigenvalue weighted by Gasteiger charge is 2.20. The third kappa shape index (κ3) is 3.62. The zero-order valence-corrected chi connectivity index (χ0v) is 15.8. The van der Waals surface area contributed by atoms with Crippen LogP contribution in [0, 0.1) is 0 Å². The Hall–Kier alpha value is -4.08. The van der Waals surface area contributed by atoms with Gasteiger partial charge in [-0.25, -0.2) is 9.78 Å². The number of imidazole rings is 1. The monoisotopic (exact) mass is 405 g/mol. The molecule has 0 aliphatic heterocycles. The van der Waals surface area contributed by atoms with E-state index in [4.69, 9.17) is 4.99 Å². The molecule has 1 aliphatic carbocycles. The summed E-state index contributed by atoms with van der Waals surface area (Å²) in [5.74, 6) is 0.558. The minimum Gasteiger partial charge on any atom is -0.508 e. The number of phenolic OH excluding ortho intramolecular Hbond substituents is 1. The van der Waals surface area contributed by atoms with Gasteiger partial charge >= 0.3 is 5.69 Å². The maximum absolute atomic E-state index is 11.4. The van der Waals surface area contributed by atoms with Crippen LogP contribution in [0.4, 0.5) is 5.82 Å². The lowest BCUT2D eigenvalue weighted by atomic mass is 10.2. The highest BCUT2D eigenvalue weighted by Crippen LogP contribution is 2.22. The van der Waals surface area contributed by atoms with Crippen molar-refractivity contribution < 1.29 is 10.2 Å². The Bertz CT molecular complexity index is 1410. The minimum atomic E-state index is -0.499. The SMILES string of the molecule is O=c1[nH]c(O)c(/C=c2/cnn3c(=NC4CC4)cc(NCc4cccc(O)c4)nc23)[nH]1. The van der Waals surface area contributed by atoms with Gasteiger partial charge in [-0.2, -0.15) is 9.61 Å². The van der Waals surface area contributed by atoms with Crippen molar-refractivity contribution >= 4 is 17.5 Å². The second-order valence-electron chi connectivity index (χ2n) is 7.20. The maximum atomic E-state index is 11.4. The average molecular weight is 405 g/mol. The molecule has 3 heterocycles. The van der Waals surface area contributed by atoms with Crippen LogP contribution in [0.2, 0.25) is 0 Å². The fourth-order valence-electron chi connectivity index (χ4n) is 3.15. The van der Waals surface area contributed by atoms with E-state index in [1.807, 2.05) is 12.1 Å². The standard InChI is InChI=1S/C20H19N7O3/c28-14-3-1-2-11(6-14)9-21-16-8-17(23-13-4-5-13)27-18(25-16)12(10-22-27)7-15-19(29)26-20(30)24-15/h1-3,6-8,10,13,21,28-29H,4-5,9H2,(H2,24,26,30)/b12-7-,23-17?.